The number of pyridine rings is 1. The number of sulfonamides is 1. The number of nitriles is 1. The van der Waals surface area contributed by atoms with Gasteiger partial charge in [-0.3, -0.25) is 0 Å². The molecule has 0 radical (unpaired) electrons. The molecule has 104 valence electrons. The maximum atomic E-state index is 11.4. The summed E-state index contributed by atoms with van der Waals surface area (Å²) in [6.45, 7) is 3.29. The third kappa shape index (κ3) is 4.85. The van der Waals surface area contributed by atoms with Gasteiger partial charge >= 0.3 is 0 Å². The van der Waals surface area contributed by atoms with Gasteiger partial charge in [-0.25, -0.2) is 17.7 Å². The van der Waals surface area contributed by atoms with Gasteiger partial charge in [0.15, 0.2) is 0 Å². The predicted octanol–water partition coefficient (Wildman–Crippen LogP) is 1.04. The Labute approximate surface area is 114 Å². The Kier molecular flexibility index (Phi) is 5.73. The van der Waals surface area contributed by atoms with Gasteiger partial charge in [-0.15, -0.1) is 0 Å². The molecule has 0 unspecified atom stereocenters. The fraction of sp³-hybridized carbons (Fsp3) is 0.500. The van der Waals surface area contributed by atoms with Crippen molar-refractivity contribution >= 4 is 15.8 Å². The van der Waals surface area contributed by atoms with E-state index in [1.54, 1.807) is 25.3 Å². The molecule has 19 heavy (non-hydrogen) atoms. The minimum absolute atomic E-state index is 0.455. The maximum absolute atomic E-state index is 11.4. The number of nitrogens with zero attached hydrogens (tertiary/aromatic N) is 3. The second-order valence-electron chi connectivity index (χ2n) is 4.05. The summed E-state index contributed by atoms with van der Waals surface area (Å²) in [5.41, 5.74) is 0.484. The summed E-state index contributed by atoms with van der Waals surface area (Å²) in [7, 11) is -3.14. The molecule has 1 rings (SSSR count). The van der Waals surface area contributed by atoms with Gasteiger partial charge in [0.25, 0.3) is 0 Å². The Balaban J connectivity index is 2.45. The summed E-state index contributed by atoms with van der Waals surface area (Å²) >= 11 is 0. The molecule has 0 saturated carbocycles. The summed E-state index contributed by atoms with van der Waals surface area (Å²) in [5, 5.41) is 11.9. The summed E-state index contributed by atoms with van der Waals surface area (Å²) < 4.78 is 24.2. The third-order valence-corrected chi connectivity index (χ3v) is 4.01. The molecule has 7 heteroatoms. The molecule has 0 saturated heterocycles. The fourth-order valence-corrected chi connectivity index (χ4v) is 2.59. The van der Waals surface area contributed by atoms with Crippen LogP contribution in [0.3, 0.4) is 0 Å². The Morgan fingerprint density at radius 3 is 2.84 bits per heavy atom. The highest BCUT2D eigenvalue weighted by Crippen LogP contribution is 2.09. The van der Waals surface area contributed by atoms with Crippen LogP contribution in [-0.2, 0) is 10.0 Å². The normalized spacial score (nSPS) is 11.3. The zero-order valence-corrected chi connectivity index (χ0v) is 11.9. The highest BCUT2D eigenvalue weighted by molar-refractivity contribution is 7.88. The van der Waals surface area contributed by atoms with Gasteiger partial charge in [-0.2, -0.15) is 5.26 Å². The van der Waals surface area contributed by atoms with Crippen molar-refractivity contribution in [1.29, 1.82) is 5.26 Å². The monoisotopic (exact) mass is 282 g/mol. The van der Waals surface area contributed by atoms with E-state index in [1.807, 2.05) is 6.07 Å². The van der Waals surface area contributed by atoms with Crippen molar-refractivity contribution in [2.24, 2.45) is 0 Å². The van der Waals surface area contributed by atoms with Crippen molar-refractivity contribution in [3.63, 3.8) is 0 Å². The van der Waals surface area contributed by atoms with E-state index in [2.05, 4.69) is 10.3 Å². The topological polar surface area (TPSA) is 86.1 Å². The highest BCUT2D eigenvalue weighted by atomic mass is 32.2. The molecule has 0 aromatic carbocycles. The Morgan fingerprint density at radius 2 is 2.26 bits per heavy atom. The molecule has 0 aliphatic carbocycles. The fourth-order valence-electron chi connectivity index (χ4n) is 1.66. The first kappa shape index (κ1) is 15.4. The van der Waals surface area contributed by atoms with E-state index in [1.165, 1.54) is 10.6 Å². The Hall–Kier alpha value is -1.65. The summed E-state index contributed by atoms with van der Waals surface area (Å²) in [5.74, 6) is 0.535. The maximum Gasteiger partial charge on any atom is 0.211 e. The first-order chi connectivity index (χ1) is 8.99. The van der Waals surface area contributed by atoms with E-state index in [0.717, 1.165) is 0 Å². The predicted molar refractivity (Wildman–Crippen MR) is 74.1 cm³/mol. The molecule has 0 atom stereocenters. The smallest absolute Gasteiger partial charge is 0.211 e. The lowest BCUT2D eigenvalue weighted by atomic mass is 10.3. The number of rotatable bonds is 7. The quantitative estimate of drug-likeness (QED) is 0.755. The van der Waals surface area contributed by atoms with Gasteiger partial charge in [0.1, 0.15) is 11.9 Å². The van der Waals surface area contributed by atoms with E-state index < -0.39 is 10.0 Å². The lowest BCUT2D eigenvalue weighted by Gasteiger charge is -2.17. The summed E-state index contributed by atoms with van der Waals surface area (Å²) in [6, 6.07) is 5.43. The van der Waals surface area contributed by atoms with Gasteiger partial charge in [0.05, 0.1) is 11.8 Å². The Bertz CT molecular complexity index is 551. The van der Waals surface area contributed by atoms with Crippen molar-refractivity contribution in [1.82, 2.24) is 9.29 Å². The van der Waals surface area contributed by atoms with E-state index in [0.29, 0.717) is 37.4 Å². The molecule has 1 N–H and O–H groups in total. The lowest BCUT2D eigenvalue weighted by Crippen LogP contribution is -2.31. The van der Waals surface area contributed by atoms with Crippen molar-refractivity contribution in [3.8, 4) is 6.07 Å². The van der Waals surface area contributed by atoms with Gasteiger partial charge in [-0.1, -0.05) is 6.92 Å². The molecule has 0 bridgehead atoms. The van der Waals surface area contributed by atoms with E-state index >= 15 is 0 Å². The van der Waals surface area contributed by atoms with Crippen LogP contribution in [0.1, 0.15) is 18.9 Å². The average Bonchev–Trinajstić information content (AvgIpc) is 2.37. The standard InChI is InChI=1S/C12H18N4O2S/c1-3-16(19(2,17)18)9-5-8-15-12-11(10-13)6-4-7-14-12/h4,6-7H,3,5,8-9H2,1-2H3,(H,14,15). The molecule has 1 aromatic rings. The first-order valence-electron chi connectivity index (χ1n) is 6.03. The molecule has 1 heterocycles. The van der Waals surface area contributed by atoms with Crippen LogP contribution in [0.4, 0.5) is 5.82 Å². The average molecular weight is 282 g/mol. The molecule has 1 aromatic heterocycles. The van der Waals surface area contributed by atoms with Crippen LogP contribution in [0, 0.1) is 11.3 Å². The van der Waals surface area contributed by atoms with E-state index in [4.69, 9.17) is 5.26 Å². The van der Waals surface area contributed by atoms with Crippen molar-refractivity contribution in [2.45, 2.75) is 13.3 Å². The molecule has 0 amide bonds. The Morgan fingerprint density at radius 1 is 1.53 bits per heavy atom. The van der Waals surface area contributed by atoms with Crippen molar-refractivity contribution in [2.75, 3.05) is 31.2 Å². The van der Waals surface area contributed by atoms with Crippen molar-refractivity contribution in [3.05, 3.63) is 23.9 Å². The third-order valence-electron chi connectivity index (χ3n) is 2.63. The van der Waals surface area contributed by atoms with Gasteiger partial charge in [0, 0.05) is 25.8 Å². The minimum Gasteiger partial charge on any atom is -0.369 e. The van der Waals surface area contributed by atoms with E-state index in [-0.39, 0.29) is 0 Å². The van der Waals surface area contributed by atoms with Crippen LogP contribution in [0.5, 0.6) is 0 Å². The van der Waals surface area contributed by atoms with E-state index in [9.17, 15) is 8.42 Å². The summed E-state index contributed by atoms with van der Waals surface area (Å²) in [4.78, 5) is 4.07. The molecule has 0 aliphatic rings. The zero-order chi connectivity index (χ0) is 14.3. The minimum atomic E-state index is -3.14. The van der Waals surface area contributed by atoms with Crippen LogP contribution in [-0.4, -0.2) is 43.6 Å². The zero-order valence-electron chi connectivity index (χ0n) is 11.1. The van der Waals surface area contributed by atoms with Crippen LogP contribution >= 0.6 is 0 Å². The molecule has 0 spiro atoms. The van der Waals surface area contributed by atoms with Crippen LogP contribution in [0.25, 0.3) is 0 Å². The number of aromatic nitrogens is 1. The van der Waals surface area contributed by atoms with Crippen LogP contribution in [0.15, 0.2) is 18.3 Å². The number of anilines is 1. The number of hydrogen-bond acceptors (Lipinski definition) is 5. The van der Waals surface area contributed by atoms with Crippen LogP contribution in [0.2, 0.25) is 0 Å². The highest BCUT2D eigenvalue weighted by Gasteiger charge is 2.13. The molecular formula is C12H18N4O2S. The second-order valence-corrected chi connectivity index (χ2v) is 6.03. The molecule has 6 nitrogen and oxygen atoms in total. The summed E-state index contributed by atoms with van der Waals surface area (Å²) in [6.07, 6.45) is 3.47. The lowest BCUT2D eigenvalue weighted by molar-refractivity contribution is 0.428. The molecule has 0 aliphatic heterocycles. The first-order valence-corrected chi connectivity index (χ1v) is 7.88. The number of hydrogen-bond donors (Lipinski definition) is 1. The molecule has 0 fully saturated rings. The van der Waals surface area contributed by atoms with Gasteiger partial charge in [0.2, 0.25) is 10.0 Å². The van der Waals surface area contributed by atoms with Gasteiger partial charge in [-0.05, 0) is 18.6 Å². The largest absolute Gasteiger partial charge is 0.369 e. The number of nitrogens with one attached hydrogen (secondary N) is 1. The van der Waals surface area contributed by atoms with Crippen molar-refractivity contribution < 1.29 is 8.42 Å². The molecular weight excluding hydrogens is 264 g/mol. The van der Waals surface area contributed by atoms with Crippen LogP contribution < -0.4 is 5.32 Å². The SMILES string of the molecule is CCN(CCCNc1ncccc1C#N)S(C)(=O)=O. The second kappa shape index (κ2) is 7.07. The van der Waals surface area contributed by atoms with Gasteiger partial charge < -0.3 is 5.32 Å².